The van der Waals surface area contributed by atoms with Crippen LogP contribution in [0.15, 0.2) is 48.8 Å². The fraction of sp³-hybridized carbons (Fsp3) is 0.0625. The van der Waals surface area contributed by atoms with Gasteiger partial charge in [-0.25, -0.2) is 4.98 Å². The molecular weight excluding hydrogens is 333 g/mol. The number of aromatic nitrogens is 3. The minimum absolute atomic E-state index is 0.446. The van der Waals surface area contributed by atoms with Crippen LogP contribution in [0, 0.1) is 0 Å². The molecule has 0 aliphatic heterocycles. The van der Waals surface area contributed by atoms with E-state index in [1.807, 2.05) is 30.3 Å². The molecule has 23 heavy (non-hydrogen) atoms. The Morgan fingerprint density at radius 1 is 1.04 bits per heavy atom. The summed E-state index contributed by atoms with van der Waals surface area (Å²) in [5.41, 5.74) is 2.32. The third-order valence-corrected chi connectivity index (χ3v) is 3.94. The van der Waals surface area contributed by atoms with Crippen molar-refractivity contribution in [3.05, 3.63) is 58.8 Å². The van der Waals surface area contributed by atoms with E-state index in [-0.39, 0.29) is 0 Å². The fourth-order valence-corrected chi connectivity index (χ4v) is 2.37. The quantitative estimate of drug-likeness (QED) is 0.721. The van der Waals surface area contributed by atoms with Gasteiger partial charge in [0, 0.05) is 31.1 Å². The van der Waals surface area contributed by atoms with Crippen molar-refractivity contribution >= 4 is 40.7 Å². The van der Waals surface area contributed by atoms with E-state index in [0.29, 0.717) is 27.5 Å². The number of nitrogens with zero attached hydrogens (tertiary/aromatic N) is 3. The van der Waals surface area contributed by atoms with E-state index in [1.54, 1.807) is 25.5 Å². The average molecular weight is 346 g/mol. The number of halogens is 2. The van der Waals surface area contributed by atoms with Crippen LogP contribution in [0.25, 0.3) is 11.3 Å². The van der Waals surface area contributed by atoms with Gasteiger partial charge in [-0.05, 0) is 24.3 Å². The predicted octanol–water partition coefficient (Wildman–Crippen LogP) is 4.63. The Morgan fingerprint density at radius 2 is 1.91 bits per heavy atom. The Morgan fingerprint density at radius 3 is 2.65 bits per heavy atom. The molecule has 2 aromatic heterocycles. The third kappa shape index (κ3) is 3.52. The minimum Gasteiger partial charge on any atom is -0.357 e. The summed E-state index contributed by atoms with van der Waals surface area (Å²) in [6.07, 6.45) is 3.46. The maximum absolute atomic E-state index is 6.21. The van der Waals surface area contributed by atoms with E-state index in [4.69, 9.17) is 23.2 Å². The lowest BCUT2D eigenvalue weighted by Crippen LogP contribution is -2.02. The van der Waals surface area contributed by atoms with Crippen LogP contribution in [0.3, 0.4) is 0 Å². The zero-order chi connectivity index (χ0) is 16.2. The van der Waals surface area contributed by atoms with Crippen molar-refractivity contribution < 1.29 is 0 Å². The number of hydrogen-bond acceptors (Lipinski definition) is 5. The van der Waals surface area contributed by atoms with E-state index in [1.165, 1.54) is 0 Å². The van der Waals surface area contributed by atoms with Crippen LogP contribution < -0.4 is 10.6 Å². The lowest BCUT2D eigenvalue weighted by Gasteiger charge is -2.11. The largest absolute Gasteiger partial charge is 0.357 e. The standard InChI is InChI=1S/C16H13Cl2N5/c1-19-16-22-13(10-4-3-7-20-9-10)8-14(23-16)21-12-6-2-5-11(17)15(12)18/h2-9H,1H3,(H2,19,21,22,23). The zero-order valence-corrected chi connectivity index (χ0v) is 13.7. The Labute approximate surface area is 143 Å². The van der Waals surface area contributed by atoms with Gasteiger partial charge in [0.15, 0.2) is 0 Å². The summed E-state index contributed by atoms with van der Waals surface area (Å²) in [6, 6.07) is 11.0. The van der Waals surface area contributed by atoms with Gasteiger partial charge >= 0.3 is 0 Å². The molecule has 0 fully saturated rings. The van der Waals surface area contributed by atoms with Gasteiger partial charge in [-0.1, -0.05) is 29.3 Å². The maximum atomic E-state index is 6.21. The second-order valence-corrected chi connectivity index (χ2v) is 5.47. The summed E-state index contributed by atoms with van der Waals surface area (Å²) in [4.78, 5) is 12.9. The minimum atomic E-state index is 0.446. The molecule has 0 amide bonds. The van der Waals surface area contributed by atoms with Gasteiger partial charge in [0.05, 0.1) is 21.4 Å². The van der Waals surface area contributed by atoms with E-state index in [2.05, 4.69) is 25.6 Å². The monoisotopic (exact) mass is 345 g/mol. The fourth-order valence-electron chi connectivity index (χ4n) is 2.02. The van der Waals surface area contributed by atoms with Crippen molar-refractivity contribution in [1.82, 2.24) is 15.0 Å². The lowest BCUT2D eigenvalue weighted by molar-refractivity contribution is 1.15. The molecule has 0 saturated carbocycles. The first-order valence-electron chi connectivity index (χ1n) is 6.85. The molecule has 116 valence electrons. The Kier molecular flexibility index (Phi) is 4.60. The summed E-state index contributed by atoms with van der Waals surface area (Å²) in [5.74, 6) is 1.10. The maximum Gasteiger partial charge on any atom is 0.224 e. The highest BCUT2D eigenvalue weighted by Gasteiger charge is 2.09. The van der Waals surface area contributed by atoms with Crippen LogP contribution in [-0.4, -0.2) is 22.0 Å². The van der Waals surface area contributed by atoms with Crippen molar-refractivity contribution in [2.45, 2.75) is 0 Å². The highest BCUT2D eigenvalue weighted by atomic mass is 35.5. The van der Waals surface area contributed by atoms with Gasteiger partial charge in [0.2, 0.25) is 5.95 Å². The first-order chi connectivity index (χ1) is 11.2. The van der Waals surface area contributed by atoms with Crippen LogP contribution in [0.1, 0.15) is 0 Å². The van der Waals surface area contributed by atoms with Crippen LogP contribution >= 0.6 is 23.2 Å². The summed E-state index contributed by atoms with van der Waals surface area (Å²) in [6.45, 7) is 0. The average Bonchev–Trinajstić information content (AvgIpc) is 2.59. The first-order valence-corrected chi connectivity index (χ1v) is 7.61. The molecule has 2 N–H and O–H groups in total. The van der Waals surface area contributed by atoms with Gasteiger partial charge in [-0.3, -0.25) is 4.98 Å². The highest BCUT2D eigenvalue weighted by molar-refractivity contribution is 6.43. The first kappa shape index (κ1) is 15.5. The molecule has 0 radical (unpaired) electrons. The van der Waals surface area contributed by atoms with Gasteiger partial charge in [-0.15, -0.1) is 0 Å². The summed E-state index contributed by atoms with van der Waals surface area (Å²) in [7, 11) is 1.76. The molecule has 5 nitrogen and oxygen atoms in total. The molecular formula is C16H13Cl2N5. The smallest absolute Gasteiger partial charge is 0.224 e. The molecule has 1 aromatic carbocycles. The normalized spacial score (nSPS) is 10.4. The lowest BCUT2D eigenvalue weighted by atomic mass is 10.2. The topological polar surface area (TPSA) is 62.7 Å². The van der Waals surface area contributed by atoms with Crippen molar-refractivity contribution in [3.63, 3.8) is 0 Å². The number of pyridine rings is 1. The van der Waals surface area contributed by atoms with Gasteiger partial charge in [0.25, 0.3) is 0 Å². The molecule has 0 spiro atoms. The molecule has 7 heteroatoms. The van der Waals surface area contributed by atoms with Crippen molar-refractivity contribution in [3.8, 4) is 11.3 Å². The van der Waals surface area contributed by atoms with Crippen LogP contribution in [0.5, 0.6) is 0 Å². The van der Waals surface area contributed by atoms with Gasteiger partial charge < -0.3 is 10.6 Å². The molecule has 0 unspecified atom stereocenters. The Balaban J connectivity index is 2.01. The molecule has 0 aliphatic carbocycles. The van der Waals surface area contributed by atoms with E-state index in [9.17, 15) is 0 Å². The number of anilines is 3. The van der Waals surface area contributed by atoms with E-state index in [0.717, 1.165) is 11.3 Å². The molecule has 3 aromatic rings. The Hall–Kier alpha value is -2.37. The van der Waals surface area contributed by atoms with Crippen molar-refractivity contribution in [2.75, 3.05) is 17.7 Å². The zero-order valence-electron chi connectivity index (χ0n) is 12.2. The van der Waals surface area contributed by atoms with Gasteiger partial charge in [-0.2, -0.15) is 4.98 Å². The second-order valence-electron chi connectivity index (χ2n) is 4.68. The summed E-state index contributed by atoms with van der Waals surface area (Å²) < 4.78 is 0. The van der Waals surface area contributed by atoms with Crippen molar-refractivity contribution in [2.24, 2.45) is 0 Å². The molecule has 0 aliphatic rings. The highest BCUT2D eigenvalue weighted by Crippen LogP contribution is 2.32. The molecule has 3 rings (SSSR count). The number of rotatable bonds is 4. The Bertz CT molecular complexity index is 824. The van der Waals surface area contributed by atoms with Crippen LogP contribution in [0.2, 0.25) is 10.0 Å². The number of hydrogen-bond donors (Lipinski definition) is 2. The second kappa shape index (κ2) is 6.81. The molecule has 0 atom stereocenters. The van der Waals surface area contributed by atoms with Crippen LogP contribution in [-0.2, 0) is 0 Å². The molecule has 0 saturated heterocycles. The van der Waals surface area contributed by atoms with Crippen molar-refractivity contribution in [1.29, 1.82) is 0 Å². The SMILES string of the molecule is CNc1nc(Nc2cccc(Cl)c2Cl)cc(-c2cccnc2)n1. The number of benzene rings is 1. The van der Waals surface area contributed by atoms with E-state index >= 15 is 0 Å². The molecule has 0 bridgehead atoms. The predicted molar refractivity (Wildman–Crippen MR) is 94.6 cm³/mol. The van der Waals surface area contributed by atoms with E-state index < -0.39 is 0 Å². The summed E-state index contributed by atoms with van der Waals surface area (Å²) >= 11 is 12.3. The molecule has 2 heterocycles. The third-order valence-electron chi connectivity index (χ3n) is 3.12. The number of nitrogens with one attached hydrogen (secondary N) is 2. The van der Waals surface area contributed by atoms with Crippen LogP contribution in [0.4, 0.5) is 17.5 Å². The summed E-state index contributed by atoms with van der Waals surface area (Å²) in [5, 5.41) is 7.04. The van der Waals surface area contributed by atoms with Gasteiger partial charge in [0.1, 0.15) is 5.82 Å².